The van der Waals surface area contributed by atoms with Crippen LogP contribution in [0.2, 0.25) is 5.02 Å². The Morgan fingerprint density at radius 2 is 1.88 bits per heavy atom. The topological polar surface area (TPSA) is 35.6 Å². The van der Waals surface area contributed by atoms with Gasteiger partial charge in [0.15, 0.2) is 0 Å². The standard InChI is InChI=1S/C20H30ClN3O/c1-16(24-11-4-5-12-24)17-8-13-23(14-9-17)15-10-20(25)22-19-7-3-2-6-18(19)21/h2-3,6-7,16-17H,4-5,8-15H2,1H3,(H,22,25)/t16-/m0/s1. The smallest absolute Gasteiger partial charge is 0.225 e. The molecule has 25 heavy (non-hydrogen) atoms. The van der Waals surface area contributed by atoms with E-state index in [0.29, 0.717) is 23.2 Å². The molecule has 1 N–H and O–H groups in total. The first kappa shape index (κ1) is 18.7. The third kappa shape index (κ3) is 5.19. The number of rotatable bonds is 6. The molecule has 2 fully saturated rings. The van der Waals surface area contributed by atoms with E-state index in [1.54, 1.807) is 6.07 Å². The van der Waals surface area contributed by atoms with Gasteiger partial charge in [0, 0.05) is 19.0 Å². The largest absolute Gasteiger partial charge is 0.325 e. The molecule has 0 aliphatic carbocycles. The molecule has 5 heteroatoms. The van der Waals surface area contributed by atoms with Crippen LogP contribution in [-0.2, 0) is 4.79 Å². The van der Waals surface area contributed by atoms with Crippen molar-refractivity contribution in [2.24, 2.45) is 5.92 Å². The lowest BCUT2D eigenvalue weighted by Gasteiger charge is -2.38. The molecule has 1 aromatic rings. The van der Waals surface area contributed by atoms with Crippen LogP contribution < -0.4 is 5.32 Å². The first-order chi connectivity index (χ1) is 12.1. The predicted octanol–water partition coefficient (Wildman–Crippen LogP) is 3.86. The second-order valence-corrected chi connectivity index (χ2v) is 7.85. The van der Waals surface area contributed by atoms with Gasteiger partial charge >= 0.3 is 0 Å². The van der Waals surface area contributed by atoms with Gasteiger partial charge in [-0.05, 0) is 76.8 Å². The predicted molar refractivity (Wildman–Crippen MR) is 104 cm³/mol. The number of nitrogens with one attached hydrogen (secondary N) is 1. The highest BCUT2D eigenvalue weighted by Crippen LogP contribution is 2.26. The van der Waals surface area contributed by atoms with Gasteiger partial charge < -0.3 is 15.1 Å². The molecule has 2 saturated heterocycles. The van der Waals surface area contributed by atoms with Crippen LogP contribution in [-0.4, -0.2) is 54.5 Å². The number of piperidine rings is 1. The Labute approximate surface area is 156 Å². The monoisotopic (exact) mass is 363 g/mol. The van der Waals surface area contributed by atoms with Gasteiger partial charge in [-0.25, -0.2) is 0 Å². The summed E-state index contributed by atoms with van der Waals surface area (Å²) in [5.74, 6) is 0.854. The summed E-state index contributed by atoms with van der Waals surface area (Å²) in [5.41, 5.74) is 0.701. The van der Waals surface area contributed by atoms with Crippen molar-refractivity contribution in [3.63, 3.8) is 0 Å². The van der Waals surface area contributed by atoms with Crippen LogP contribution in [0.1, 0.15) is 39.0 Å². The van der Waals surface area contributed by atoms with E-state index in [4.69, 9.17) is 11.6 Å². The highest BCUT2D eigenvalue weighted by molar-refractivity contribution is 6.33. The highest BCUT2D eigenvalue weighted by Gasteiger charge is 2.28. The van der Waals surface area contributed by atoms with Crippen LogP contribution in [0.15, 0.2) is 24.3 Å². The Balaban J connectivity index is 1.37. The van der Waals surface area contributed by atoms with Crippen molar-refractivity contribution < 1.29 is 4.79 Å². The molecule has 4 nitrogen and oxygen atoms in total. The minimum Gasteiger partial charge on any atom is -0.325 e. The van der Waals surface area contributed by atoms with Crippen molar-refractivity contribution in [2.75, 3.05) is 38.0 Å². The first-order valence-electron chi connectivity index (χ1n) is 9.64. The Kier molecular flexibility index (Phi) is 6.74. The average Bonchev–Trinajstić information content (AvgIpc) is 3.16. The Morgan fingerprint density at radius 1 is 1.20 bits per heavy atom. The summed E-state index contributed by atoms with van der Waals surface area (Å²) in [6, 6.07) is 8.10. The number of para-hydroxylation sites is 1. The van der Waals surface area contributed by atoms with Crippen LogP contribution in [0.5, 0.6) is 0 Å². The van der Waals surface area contributed by atoms with Crippen LogP contribution >= 0.6 is 11.6 Å². The van der Waals surface area contributed by atoms with Crippen molar-refractivity contribution in [1.29, 1.82) is 0 Å². The van der Waals surface area contributed by atoms with E-state index in [1.165, 1.54) is 38.8 Å². The summed E-state index contributed by atoms with van der Waals surface area (Å²) >= 11 is 6.09. The number of carbonyl (C=O) groups is 1. The third-order valence-electron chi connectivity index (χ3n) is 5.83. The molecule has 1 amide bonds. The van der Waals surface area contributed by atoms with E-state index in [9.17, 15) is 4.79 Å². The van der Waals surface area contributed by atoms with Crippen molar-refractivity contribution in [1.82, 2.24) is 9.80 Å². The molecule has 1 aromatic carbocycles. The number of nitrogens with zero attached hydrogens (tertiary/aromatic N) is 2. The van der Waals surface area contributed by atoms with Gasteiger partial charge in [-0.1, -0.05) is 23.7 Å². The number of carbonyl (C=O) groups excluding carboxylic acids is 1. The number of amides is 1. The summed E-state index contributed by atoms with van der Waals surface area (Å²) in [6.45, 7) is 8.03. The lowest BCUT2D eigenvalue weighted by Crippen LogP contribution is -2.43. The zero-order valence-electron chi connectivity index (χ0n) is 15.2. The van der Waals surface area contributed by atoms with Crippen LogP contribution in [0.4, 0.5) is 5.69 Å². The van der Waals surface area contributed by atoms with Crippen molar-refractivity contribution >= 4 is 23.2 Å². The van der Waals surface area contributed by atoms with Crippen molar-refractivity contribution in [3.05, 3.63) is 29.3 Å². The van der Waals surface area contributed by atoms with Gasteiger partial charge in [0.05, 0.1) is 10.7 Å². The fourth-order valence-electron chi connectivity index (χ4n) is 4.14. The molecule has 0 unspecified atom stereocenters. The van der Waals surface area contributed by atoms with E-state index in [1.807, 2.05) is 18.2 Å². The lowest BCUT2D eigenvalue weighted by molar-refractivity contribution is -0.116. The molecule has 138 valence electrons. The van der Waals surface area contributed by atoms with E-state index in [-0.39, 0.29) is 5.91 Å². The molecule has 3 rings (SSSR count). The molecule has 1 atom stereocenters. The maximum atomic E-state index is 12.2. The normalized spacial score (nSPS) is 21.4. The summed E-state index contributed by atoms with van der Waals surface area (Å²) in [7, 11) is 0. The van der Waals surface area contributed by atoms with Gasteiger partial charge in [0.2, 0.25) is 5.91 Å². The Hall–Kier alpha value is -1.10. The molecular formula is C20H30ClN3O. The number of hydrogen-bond donors (Lipinski definition) is 1. The van der Waals surface area contributed by atoms with Gasteiger partial charge in [-0.3, -0.25) is 4.79 Å². The molecule has 2 aliphatic rings. The SMILES string of the molecule is C[C@@H](C1CCN(CCC(=O)Nc2ccccc2Cl)CC1)N1CCCC1. The summed E-state index contributed by atoms with van der Waals surface area (Å²) in [5, 5.41) is 3.50. The molecule has 0 radical (unpaired) electrons. The molecular weight excluding hydrogens is 334 g/mol. The Bertz CT molecular complexity index is 566. The van der Waals surface area contributed by atoms with E-state index >= 15 is 0 Å². The zero-order chi connectivity index (χ0) is 17.6. The lowest BCUT2D eigenvalue weighted by atomic mass is 9.89. The van der Waals surface area contributed by atoms with Crippen molar-refractivity contribution in [3.8, 4) is 0 Å². The van der Waals surface area contributed by atoms with E-state index < -0.39 is 0 Å². The van der Waals surface area contributed by atoms with Crippen molar-refractivity contribution in [2.45, 2.75) is 45.1 Å². The number of hydrogen-bond acceptors (Lipinski definition) is 3. The second-order valence-electron chi connectivity index (χ2n) is 7.44. The molecule has 2 aliphatic heterocycles. The summed E-state index contributed by atoms with van der Waals surface area (Å²) in [6.07, 6.45) is 5.76. The van der Waals surface area contributed by atoms with E-state index in [0.717, 1.165) is 25.6 Å². The van der Waals surface area contributed by atoms with Crippen LogP contribution in [0, 0.1) is 5.92 Å². The summed E-state index contributed by atoms with van der Waals surface area (Å²) in [4.78, 5) is 17.2. The zero-order valence-corrected chi connectivity index (χ0v) is 16.0. The van der Waals surface area contributed by atoms with Crippen LogP contribution in [0.25, 0.3) is 0 Å². The van der Waals surface area contributed by atoms with E-state index in [2.05, 4.69) is 22.0 Å². The fraction of sp³-hybridized carbons (Fsp3) is 0.650. The first-order valence-corrected chi connectivity index (χ1v) is 10.0. The van der Waals surface area contributed by atoms with Gasteiger partial charge in [0.1, 0.15) is 0 Å². The maximum Gasteiger partial charge on any atom is 0.225 e. The van der Waals surface area contributed by atoms with Crippen LogP contribution in [0.3, 0.4) is 0 Å². The molecule has 0 bridgehead atoms. The minimum absolute atomic E-state index is 0.0423. The molecule has 0 spiro atoms. The third-order valence-corrected chi connectivity index (χ3v) is 6.16. The highest BCUT2D eigenvalue weighted by atomic mass is 35.5. The molecule has 0 saturated carbocycles. The minimum atomic E-state index is 0.0423. The maximum absolute atomic E-state index is 12.2. The quantitative estimate of drug-likeness (QED) is 0.833. The number of likely N-dealkylation sites (tertiary alicyclic amines) is 2. The number of halogens is 1. The van der Waals surface area contributed by atoms with Gasteiger partial charge in [-0.15, -0.1) is 0 Å². The number of benzene rings is 1. The fourth-order valence-corrected chi connectivity index (χ4v) is 4.32. The number of anilines is 1. The molecule has 0 aromatic heterocycles. The second kappa shape index (κ2) is 9.02. The average molecular weight is 364 g/mol. The Morgan fingerprint density at radius 3 is 2.56 bits per heavy atom. The molecule has 2 heterocycles. The van der Waals surface area contributed by atoms with Gasteiger partial charge in [0.25, 0.3) is 0 Å². The summed E-state index contributed by atoms with van der Waals surface area (Å²) < 4.78 is 0. The van der Waals surface area contributed by atoms with Gasteiger partial charge in [-0.2, -0.15) is 0 Å².